The Morgan fingerprint density at radius 3 is 2.32 bits per heavy atom. The molecule has 28 heavy (non-hydrogen) atoms. The predicted molar refractivity (Wildman–Crippen MR) is 94.7 cm³/mol. The van der Waals surface area contributed by atoms with Crippen LogP contribution >= 0.6 is 0 Å². The van der Waals surface area contributed by atoms with Crippen molar-refractivity contribution >= 4 is 6.09 Å². The number of rotatable bonds is 3. The van der Waals surface area contributed by atoms with Crippen molar-refractivity contribution in [2.75, 3.05) is 0 Å². The summed E-state index contributed by atoms with van der Waals surface area (Å²) in [6.45, 7) is 0.137. The maximum absolute atomic E-state index is 14.3. The third-order valence-corrected chi connectivity index (χ3v) is 5.72. The van der Waals surface area contributed by atoms with Crippen molar-refractivity contribution in [2.24, 2.45) is 0 Å². The number of hydrogen-bond donors (Lipinski definition) is 1. The van der Waals surface area contributed by atoms with Gasteiger partial charge >= 0.3 is 6.09 Å². The lowest BCUT2D eigenvalue weighted by molar-refractivity contribution is -0.0560. The highest BCUT2D eigenvalue weighted by atomic mass is 19.2. The van der Waals surface area contributed by atoms with Gasteiger partial charge in [0.1, 0.15) is 6.61 Å². The van der Waals surface area contributed by atoms with Crippen LogP contribution in [0.4, 0.5) is 18.0 Å². The topological polar surface area (TPSA) is 49.8 Å². The fraction of sp³-hybridized carbons (Fsp3) is 0.381. The minimum Gasteiger partial charge on any atom is -0.445 e. The highest BCUT2D eigenvalue weighted by molar-refractivity contribution is 5.69. The Balaban J connectivity index is 1.50. The average molecular weight is 391 g/mol. The lowest BCUT2D eigenvalue weighted by atomic mass is 9.80. The molecule has 2 aromatic carbocycles. The number of fused-ring (bicyclic) bond motifs is 2. The Morgan fingerprint density at radius 1 is 1.04 bits per heavy atom. The van der Waals surface area contributed by atoms with Crippen molar-refractivity contribution in [3.63, 3.8) is 0 Å². The molecule has 2 aliphatic heterocycles. The van der Waals surface area contributed by atoms with Gasteiger partial charge in [0, 0.05) is 30.5 Å². The Bertz CT molecular complexity index is 876. The summed E-state index contributed by atoms with van der Waals surface area (Å²) in [5, 5.41) is 11.0. The molecule has 0 radical (unpaired) electrons. The zero-order valence-corrected chi connectivity index (χ0v) is 15.1. The summed E-state index contributed by atoms with van der Waals surface area (Å²) in [5.74, 6) is -4.26. The lowest BCUT2D eigenvalue weighted by Gasteiger charge is -2.43. The van der Waals surface area contributed by atoms with Crippen LogP contribution in [0.15, 0.2) is 42.5 Å². The molecule has 2 unspecified atom stereocenters. The number of aliphatic hydroxyl groups is 1. The molecule has 2 aliphatic rings. The van der Waals surface area contributed by atoms with E-state index in [1.165, 1.54) is 0 Å². The van der Waals surface area contributed by atoms with E-state index in [2.05, 4.69) is 0 Å². The number of carbonyl (C=O) groups excluding carboxylic acids is 1. The molecule has 2 saturated heterocycles. The number of hydrogen-bond acceptors (Lipinski definition) is 3. The van der Waals surface area contributed by atoms with Gasteiger partial charge in [-0.1, -0.05) is 36.4 Å². The van der Waals surface area contributed by atoms with Gasteiger partial charge in [0.2, 0.25) is 0 Å². The van der Waals surface area contributed by atoms with E-state index in [-0.39, 0.29) is 37.1 Å². The maximum atomic E-state index is 14.3. The van der Waals surface area contributed by atoms with E-state index >= 15 is 0 Å². The standard InChI is InChI=1S/C21H20F3NO3/c22-17-9-8-16(18(23)19(17)24)21(27)10-14-6-7-15(11-21)25(14)20(26)28-12-13-4-2-1-3-5-13/h1-5,8-9,14-15,27H,6-7,10-12H2. The van der Waals surface area contributed by atoms with Gasteiger partial charge in [-0.05, 0) is 24.5 Å². The van der Waals surface area contributed by atoms with E-state index in [1.54, 1.807) is 4.90 Å². The average Bonchev–Trinajstić information content (AvgIpc) is 2.97. The highest BCUT2D eigenvalue weighted by Crippen LogP contribution is 2.46. The zero-order chi connectivity index (χ0) is 19.9. The molecule has 0 saturated carbocycles. The first-order chi connectivity index (χ1) is 13.4. The summed E-state index contributed by atoms with van der Waals surface area (Å²) in [6, 6.07) is 10.5. The first-order valence-electron chi connectivity index (χ1n) is 9.24. The summed E-state index contributed by atoms with van der Waals surface area (Å²) < 4.78 is 46.5. The van der Waals surface area contributed by atoms with Crippen LogP contribution in [0.25, 0.3) is 0 Å². The molecule has 148 valence electrons. The Morgan fingerprint density at radius 2 is 1.68 bits per heavy atom. The van der Waals surface area contributed by atoms with Crippen LogP contribution in [0, 0.1) is 17.5 Å². The van der Waals surface area contributed by atoms with Gasteiger partial charge in [-0.3, -0.25) is 0 Å². The molecule has 7 heteroatoms. The van der Waals surface area contributed by atoms with Crippen LogP contribution in [0.1, 0.15) is 36.8 Å². The van der Waals surface area contributed by atoms with Gasteiger partial charge in [0.25, 0.3) is 0 Å². The largest absolute Gasteiger partial charge is 0.445 e. The second-order valence-electron chi connectivity index (χ2n) is 7.50. The van der Waals surface area contributed by atoms with Crippen LogP contribution in [0.3, 0.4) is 0 Å². The third kappa shape index (κ3) is 3.24. The van der Waals surface area contributed by atoms with E-state index in [1.807, 2.05) is 30.3 Å². The summed E-state index contributed by atoms with van der Waals surface area (Å²) >= 11 is 0. The summed E-state index contributed by atoms with van der Waals surface area (Å²) in [6.07, 6.45) is 0.888. The number of ether oxygens (including phenoxy) is 1. The molecule has 2 heterocycles. The summed E-state index contributed by atoms with van der Waals surface area (Å²) in [5.41, 5.74) is -1.05. The van der Waals surface area contributed by atoms with Gasteiger partial charge in [0.15, 0.2) is 17.5 Å². The normalized spacial score (nSPS) is 26.4. The fourth-order valence-electron chi connectivity index (χ4n) is 4.42. The SMILES string of the molecule is O=C(OCc1ccccc1)N1C2CCC1CC(O)(c1ccc(F)c(F)c1F)C2. The number of amides is 1. The number of carbonyl (C=O) groups is 1. The first kappa shape index (κ1) is 18.8. The minimum atomic E-state index is -1.65. The molecule has 0 aromatic heterocycles. The molecule has 1 N–H and O–H groups in total. The second kappa shape index (κ2) is 7.13. The Hall–Kier alpha value is -2.54. The summed E-state index contributed by atoms with van der Waals surface area (Å²) in [4.78, 5) is 14.2. The minimum absolute atomic E-state index is 0.0475. The quantitative estimate of drug-likeness (QED) is 0.796. The van der Waals surface area contributed by atoms with E-state index in [4.69, 9.17) is 4.74 Å². The summed E-state index contributed by atoms with van der Waals surface area (Å²) in [7, 11) is 0. The third-order valence-electron chi connectivity index (χ3n) is 5.72. The van der Waals surface area contributed by atoms with Crippen molar-refractivity contribution in [2.45, 2.75) is 50.0 Å². The predicted octanol–water partition coefficient (Wildman–Crippen LogP) is 4.26. The molecule has 4 nitrogen and oxygen atoms in total. The van der Waals surface area contributed by atoms with Crippen molar-refractivity contribution in [1.82, 2.24) is 4.90 Å². The van der Waals surface area contributed by atoms with Crippen molar-refractivity contribution in [1.29, 1.82) is 0 Å². The number of benzene rings is 2. The van der Waals surface area contributed by atoms with Crippen LogP contribution in [-0.4, -0.2) is 28.2 Å². The molecule has 2 atom stereocenters. The molecular formula is C21H20F3NO3. The van der Waals surface area contributed by atoms with Crippen LogP contribution < -0.4 is 0 Å². The zero-order valence-electron chi connectivity index (χ0n) is 15.1. The van der Waals surface area contributed by atoms with Gasteiger partial charge < -0.3 is 14.7 Å². The number of nitrogens with zero attached hydrogens (tertiary/aromatic N) is 1. The van der Waals surface area contributed by atoms with Crippen molar-refractivity contribution in [3.8, 4) is 0 Å². The fourth-order valence-corrected chi connectivity index (χ4v) is 4.42. The smallest absolute Gasteiger partial charge is 0.410 e. The molecular weight excluding hydrogens is 371 g/mol. The van der Waals surface area contributed by atoms with Crippen LogP contribution in [0.5, 0.6) is 0 Å². The van der Waals surface area contributed by atoms with E-state index in [9.17, 15) is 23.1 Å². The van der Waals surface area contributed by atoms with Crippen LogP contribution in [0.2, 0.25) is 0 Å². The molecule has 4 rings (SSSR count). The molecule has 1 amide bonds. The maximum Gasteiger partial charge on any atom is 0.410 e. The first-order valence-corrected chi connectivity index (χ1v) is 9.24. The molecule has 2 aromatic rings. The lowest BCUT2D eigenvalue weighted by Crippen LogP contribution is -2.52. The van der Waals surface area contributed by atoms with E-state index in [0.717, 1.165) is 17.7 Å². The molecule has 2 fully saturated rings. The van der Waals surface area contributed by atoms with E-state index in [0.29, 0.717) is 12.8 Å². The second-order valence-corrected chi connectivity index (χ2v) is 7.50. The Kier molecular flexibility index (Phi) is 4.79. The number of piperidine rings is 1. The van der Waals surface area contributed by atoms with E-state index < -0.39 is 29.1 Å². The van der Waals surface area contributed by atoms with Gasteiger partial charge in [-0.25, -0.2) is 18.0 Å². The van der Waals surface area contributed by atoms with Crippen molar-refractivity contribution in [3.05, 3.63) is 71.0 Å². The highest BCUT2D eigenvalue weighted by Gasteiger charge is 2.51. The van der Waals surface area contributed by atoms with Gasteiger partial charge in [0.05, 0.1) is 5.60 Å². The molecule has 0 aliphatic carbocycles. The monoisotopic (exact) mass is 391 g/mol. The van der Waals surface area contributed by atoms with Crippen LogP contribution in [-0.2, 0) is 16.9 Å². The molecule has 0 spiro atoms. The Labute approximate surface area is 160 Å². The van der Waals surface area contributed by atoms with Gasteiger partial charge in [-0.15, -0.1) is 0 Å². The van der Waals surface area contributed by atoms with Crippen molar-refractivity contribution < 1.29 is 27.8 Å². The number of halogens is 3. The van der Waals surface area contributed by atoms with Gasteiger partial charge in [-0.2, -0.15) is 0 Å². The molecule has 2 bridgehead atoms.